The fraction of sp³-hybridized carbons (Fsp3) is 0.556. The minimum Gasteiger partial charge on any atom is -0.591 e. The van der Waals surface area contributed by atoms with Crippen LogP contribution in [0, 0.1) is 23.0 Å². The van der Waals surface area contributed by atoms with Crippen molar-refractivity contribution in [3.8, 4) is 0 Å². The number of nitrogens with zero attached hydrogens (tertiary/aromatic N) is 1. The number of carboxylic acid groups (broad SMARTS) is 1. The van der Waals surface area contributed by atoms with Crippen LogP contribution in [-0.2, 0) is 16.2 Å². The molecule has 0 saturated heterocycles. The van der Waals surface area contributed by atoms with Gasteiger partial charge in [0.25, 0.3) is 0 Å². The van der Waals surface area contributed by atoms with Crippen molar-refractivity contribution in [2.75, 3.05) is 0 Å². The van der Waals surface area contributed by atoms with Crippen LogP contribution in [0.4, 0.5) is 8.78 Å². The summed E-state index contributed by atoms with van der Waals surface area (Å²) in [6.45, 7) is 10.1. The van der Waals surface area contributed by atoms with E-state index >= 15 is 0 Å². The van der Waals surface area contributed by atoms with Gasteiger partial charge in [0, 0.05) is 11.6 Å². The molecular formula is C18H25F2NO3S. The quantitative estimate of drug-likeness (QED) is 0.595. The number of hydrogen-bond donors (Lipinski definition) is 1. The Morgan fingerprint density at radius 3 is 2.08 bits per heavy atom. The molecule has 0 aliphatic rings. The largest absolute Gasteiger partial charge is 0.591 e. The van der Waals surface area contributed by atoms with Crippen molar-refractivity contribution in [3.63, 3.8) is 0 Å². The SMILES string of the molecule is CC(CC(=N[S+]([O-])C(C)(C)C)c1cc(F)cc(F)c1)C(C)(C)C(=O)O. The second-order valence-corrected chi connectivity index (χ2v) is 9.60. The van der Waals surface area contributed by atoms with Crippen LogP contribution in [-0.4, -0.2) is 26.1 Å². The fourth-order valence-electron chi connectivity index (χ4n) is 1.92. The monoisotopic (exact) mass is 373 g/mol. The molecule has 0 bridgehead atoms. The summed E-state index contributed by atoms with van der Waals surface area (Å²) in [5.41, 5.74) is -0.674. The summed E-state index contributed by atoms with van der Waals surface area (Å²) < 4.78 is 43.1. The highest BCUT2D eigenvalue weighted by Crippen LogP contribution is 2.32. The molecule has 0 aliphatic heterocycles. The van der Waals surface area contributed by atoms with Crippen LogP contribution in [0.25, 0.3) is 0 Å². The molecule has 0 amide bonds. The van der Waals surface area contributed by atoms with Gasteiger partial charge in [-0.2, -0.15) is 0 Å². The van der Waals surface area contributed by atoms with Crippen LogP contribution in [0.3, 0.4) is 0 Å². The van der Waals surface area contributed by atoms with Crippen LogP contribution in [0.15, 0.2) is 22.6 Å². The molecule has 2 unspecified atom stereocenters. The molecular weight excluding hydrogens is 348 g/mol. The zero-order chi connectivity index (χ0) is 19.6. The molecule has 1 N–H and O–H groups in total. The highest BCUT2D eigenvalue weighted by atomic mass is 32.2. The average molecular weight is 373 g/mol. The maximum atomic E-state index is 13.6. The van der Waals surface area contributed by atoms with Gasteiger partial charge in [-0.1, -0.05) is 11.3 Å². The van der Waals surface area contributed by atoms with Crippen molar-refractivity contribution in [1.29, 1.82) is 0 Å². The number of benzene rings is 1. The van der Waals surface area contributed by atoms with Gasteiger partial charge >= 0.3 is 5.97 Å². The molecule has 1 rings (SSSR count). The summed E-state index contributed by atoms with van der Waals surface area (Å²) in [5.74, 6) is -2.92. The summed E-state index contributed by atoms with van der Waals surface area (Å²) >= 11 is -1.64. The molecule has 0 spiro atoms. The van der Waals surface area contributed by atoms with E-state index < -0.39 is 45.0 Å². The van der Waals surface area contributed by atoms with Crippen molar-refractivity contribution in [2.45, 2.75) is 52.7 Å². The van der Waals surface area contributed by atoms with Crippen LogP contribution in [0.1, 0.15) is 53.5 Å². The Morgan fingerprint density at radius 2 is 1.68 bits per heavy atom. The first kappa shape index (κ1) is 21.6. The molecule has 0 aliphatic carbocycles. The van der Waals surface area contributed by atoms with Gasteiger partial charge in [-0.3, -0.25) is 4.79 Å². The Morgan fingerprint density at radius 1 is 1.20 bits per heavy atom. The lowest BCUT2D eigenvalue weighted by molar-refractivity contribution is -0.149. The standard InChI is InChI=1S/C18H25F2NO3S/c1-11(18(5,6)16(22)23)7-15(21-25(24)17(2,3)4)12-8-13(19)10-14(20)9-12/h8-11H,7H2,1-6H3,(H,22,23). The van der Waals surface area contributed by atoms with Crippen molar-refractivity contribution < 1.29 is 23.2 Å². The van der Waals surface area contributed by atoms with E-state index in [4.69, 9.17) is 0 Å². The third kappa shape index (κ3) is 5.78. The Labute approximate surface area is 150 Å². The molecule has 0 heterocycles. The van der Waals surface area contributed by atoms with Crippen LogP contribution < -0.4 is 0 Å². The first-order chi connectivity index (χ1) is 11.2. The summed E-state index contributed by atoms with van der Waals surface area (Å²) in [7, 11) is 0. The Hall–Kier alpha value is -1.47. The average Bonchev–Trinajstić information content (AvgIpc) is 2.43. The fourth-order valence-corrected chi connectivity index (χ4v) is 2.58. The zero-order valence-electron chi connectivity index (χ0n) is 15.4. The van der Waals surface area contributed by atoms with E-state index in [1.165, 1.54) is 0 Å². The molecule has 0 fully saturated rings. The minimum atomic E-state index is -1.64. The van der Waals surface area contributed by atoms with Gasteiger partial charge in [0.1, 0.15) is 27.7 Å². The summed E-state index contributed by atoms with van der Waals surface area (Å²) in [6.07, 6.45) is 0.129. The minimum absolute atomic E-state index is 0.129. The second-order valence-electron chi connectivity index (χ2n) is 7.69. The Balaban J connectivity index is 3.34. The van der Waals surface area contributed by atoms with E-state index in [-0.39, 0.29) is 17.7 Å². The van der Waals surface area contributed by atoms with Gasteiger partial charge in [0.15, 0.2) is 0 Å². The zero-order valence-corrected chi connectivity index (χ0v) is 16.2. The number of hydrogen-bond acceptors (Lipinski definition) is 3. The number of rotatable bonds is 6. The summed E-state index contributed by atoms with van der Waals surface area (Å²) in [4.78, 5) is 11.5. The lowest BCUT2D eigenvalue weighted by atomic mass is 9.76. The van der Waals surface area contributed by atoms with Crippen molar-refractivity contribution in [1.82, 2.24) is 0 Å². The summed E-state index contributed by atoms with van der Waals surface area (Å²) in [6, 6.07) is 2.97. The van der Waals surface area contributed by atoms with Gasteiger partial charge in [-0.05, 0) is 59.1 Å². The molecule has 1 aromatic rings. The van der Waals surface area contributed by atoms with E-state index in [9.17, 15) is 23.2 Å². The second kappa shape index (κ2) is 7.83. The normalized spacial score (nSPS) is 15.8. The van der Waals surface area contributed by atoms with Gasteiger partial charge in [-0.15, -0.1) is 0 Å². The molecule has 7 heteroatoms. The number of carbonyl (C=O) groups is 1. The van der Waals surface area contributed by atoms with Crippen LogP contribution >= 0.6 is 0 Å². The van der Waals surface area contributed by atoms with Gasteiger partial charge in [0.2, 0.25) is 0 Å². The molecule has 0 aromatic heterocycles. The molecule has 1 aromatic carbocycles. The third-order valence-electron chi connectivity index (χ3n) is 4.20. The molecule has 2 atom stereocenters. The summed E-state index contributed by atoms with van der Waals surface area (Å²) in [5, 5.41) is 9.37. The predicted molar refractivity (Wildman–Crippen MR) is 96.0 cm³/mol. The number of aliphatic carboxylic acids is 1. The van der Waals surface area contributed by atoms with Gasteiger partial charge < -0.3 is 9.66 Å². The maximum absolute atomic E-state index is 13.6. The first-order valence-electron chi connectivity index (χ1n) is 7.94. The van der Waals surface area contributed by atoms with E-state index in [0.29, 0.717) is 0 Å². The van der Waals surface area contributed by atoms with E-state index in [1.54, 1.807) is 41.5 Å². The van der Waals surface area contributed by atoms with E-state index in [0.717, 1.165) is 18.2 Å². The van der Waals surface area contributed by atoms with Crippen LogP contribution in [0.5, 0.6) is 0 Å². The predicted octanol–water partition coefficient (Wildman–Crippen LogP) is 4.35. The third-order valence-corrected chi connectivity index (χ3v) is 5.63. The van der Waals surface area contributed by atoms with E-state index in [1.807, 2.05) is 0 Å². The Bertz CT molecular complexity index is 649. The van der Waals surface area contributed by atoms with Gasteiger partial charge in [-0.25, -0.2) is 8.78 Å². The molecule has 4 nitrogen and oxygen atoms in total. The lowest BCUT2D eigenvalue weighted by Crippen LogP contribution is -2.33. The van der Waals surface area contributed by atoms with Crippen molar-refractivity contribution in [2.24, 2.45) is 15.7 Å². The van der Waals surface area contributed by atoms with Crippen molar-refractivity contribution >= 4 is 23.0 Å². The lowest BCUT2D eigenvalue weighted by Gasteiger charge is -2.28. The molecule has 140 valence electrons. The van der Waals surface area contributed by atoms with Gasteiger partial charge in [0.05, 0.1) is 11.1 Å². The molecule has 0 saturated carbocycles. The smallest absolute Gasteiger partial charge is 0.309 e. The highest BCUT2D eigenvalue weighted by Gasteiger charge is 2.36. The highest BCUT2D eigenvalue weighted by molar-refractivity contribution is 7.91. The topological polar surface area (TPSA) is 72.7 Å². The van der Waals surface area contributed by atoms with Crippen molar-refractivity contribution in [3.05, 3.63) is 35.4 Å². The first-order valence-corrected chi connectivity index (χ1v) is 9.05. The maximum Gasteiger partial charge on any atom is 0.309 e. The van der Waals surface area contributed by atoms with E-state index in [2.05, 4.69) is 4.40 Å². The van der Waals surface area contributed by atoms with Crippen LogP contribution in [0.2, 0.25) is 0 Å². The molecule has 25 heavy (non-hydrogen) atoms. The Kier molecular flexibility index (Phi) is 6.75. The molecule has 0 radical (unpaired) electrons. The number of halogens is 2. The number of carboxylic acids is 1.